The van der Waals surface area contributed by atoms with Gasteiger partial charge in [-0.2, -0.15) is 20.1 Å². The molecule has 0 aliphatic heterocycles. The van der Waals surface area contributed by atoms with Crippen molar-refractivity contribution in [3.8, 4) is 17.1 Å². The smallest absolute Gasteiger partial charge is 0.306 e. The Balaban J connectivity index is 1.46. The van der Waals surface area contributed by atoms with Crippen molar-refractivity contribution in [2.45, 2.75) is 51.6 Å². The number of halogens is 1. The number of nitrogen functional groups attached to an aromatic ring is 1. The maximum atomic E-state index is 15.3. The number of ether oxygens (including phenoxy) is 1. The summed E-state index contributed by atoms with van der Waals surface area (Å²) in [6.07, 6.45) is 8.81. The molecule has 12 heteroatoms. The van der Waals surface area contributed by atoms with Gasteiger partial charge in [-0.3, -0.25) is 18.8 Å². The quantitative estimate of drug-likeness (QED) is 0.214. The van der Waals surface area contributed by atoms with Crippen LogP contribution in [-0.2, 0) is 23.2 Å². The molecule has 3 heterocycles. The Bertz CT molecular complexity index is 1900. The van der Waals surface area contributed by atoms with Gasteiger partial charge in [-0.25, -0.2) is 4.39 Å². The number of esters is 1. The van der Waals surface area contributed by atoms with Crippen molar-refractivity contribution in [2.75, 3.05) is 11.1 Å². The maximum absolute atomic E-state index is 15.3. The number of carbonyl (C=O) groups is 1. The number of nitrogens with zero attached hydrogens (tertiary/aromatic N) is 6. The molecule has 2 aromatic carbocycles. The molecule has 1 fully saturated rings. The first-order valence-corrected chi connectivity index (χ1v) is 14.2. The van der Waals surface area contributed by atoms with E-state index >= 15 is 4.39 Å². The van der Waals surface area contributed by atoms with Gasteiger partial charge in [0.15, 0.2) is 5.82 Å². The molecule has 0 amide bonds. The van der Waals surface area contributed by atoms with E-state index in [0.29, 0.717) is 40.2 Å². The molecule has 1 saturated carbocycles. The summed E-state index contributed by atoms with van der Waals surface area (Å²) in [5, 5.41) is 7.73. The van der Waals surface area contributed by atoms with E-state index in [1.54, 1.807) is 54.6 Å². The molecule has 3 aromatic heterocycles. The zero-order chi connectivity index (χ0) is 30.1. The number of unbranched alkanes of at least 4 members (excludes halogenated alkanes) is 1. The van der Waals surface area contributed by atoms with E-state index in [1.807, 2.05) is 13.0 Å². The van der Waals surface area contributed by atoms with Crippen LogP contribution in [0.25, 0.3) is 27.8 Å². The van der Waals surface area contributed by atoms with Crippen molar-refractivity contribution in [1.82, 2.24) is 29.3 Å². The highest BCUT2D eigenvalue weighted by Crippen LogP contribution is 2.41. The molecule has 11 nitrogen and oxygen atoms in total. The first kappa shape index (κ1) is 28.0. The van der Waals surface area contributed by atoms with Gasteiger partial charge in [0.1, 0.15) is 12.4 Å². The van der Waals surface area contributed by atoms with Gasteiger partial charge in [-0.05, 0) is 54.3 Å². The number of rotatable bonds is 10. The van der Waals surface area contributed by atoms with E-state index in [-0.39, 0.29) is 42.1 Å². The third kappa shape index (κ3) is 5.94. The van der Waals surface area contributed by atoms with Crippen molar-refractivity contribution < 1.29 is 13.9 Å². The Morgan fingerprint density at radius 2 is 2.02 bits per heavy atom. The normalized spacial score (nSPS) is 12.9. The molecule has 6 rings (SSSR count). The highest BCUT2D eigenvalue weighted by atomic mass is 19.1. The number of carbonyl (C=O) groups excluding carboxylic acids is 1. The summed E-state index contributed by atoms with van der Waals surface area (Å²) in [7, 11) is 1.78. The van der Waals surface area contributed by atoms with Gasteiger partial charge in [-0.1, -0.05) is 31.5 Å². The van der Waals surface area contributed by atoms with E-state index < -0.39 is 11.4 Å². The number of hydrogen-bond donors (Lipinski definition) is 2. The van der Waals surface area contributed by atoms with Crippen LogP contribution < -0.4 is 16.6 Å². The predicted octanol–water partition coefficient (Wildman–Crippen LogP) is 5.15. The minimum atomic E-state index is -0.557. The molecule has 0 spiro atoms. The Labute approximate surface area is 246 Å². The zero-order valence-corrected chi connectivity index (χ0v) is 23.9. The lowest BCUT2D eigenvalue weighted by Crippen LogP contribution is -2.21. The van der Waals surface area contributed by atoms with Crippen LogP contribution in [0.1, 0.15) is 56.1 Å². The van der Waals surface area contributed by atoms with Crippen LogP contribution >= 0.6 is 0 Å². The van der Waals surface area contributed by atoms with Crippen molar-refractivity contribution in [2.24, 2.45) is 7.05 Å². The second-order valence-electron chi connectivity index (χ2n) is 10.7. The fraction of sp³-hybridized carbons (Fsp3) is 0.290. The number of aryl methyl sites for hydroxylation is 1. The minimum Gasteiger partial charge on any atom is -0.461 e. The second-order valence-corrected chi connectivity index (χ2v) is 10.7. The van der Waals surface area contributed by atoms with Gasteiger partial charge >= 0.3 is 5.97 Å². The fourth-order valence-electron chi connectivity index (χ4n) is 5.08. The predicted molar refractivity (Wildman–Crippen MR) is 161 cm³/mol. The summed E-state index contributed by atoms with van der Waals surface area (Å²) >= 11 is 0. The summed E-state index contributed by atoms with van der Waals surface area (Å²) in [4.78, 5) is 39.4. The molecular weight excluding hydrogens is 551 g/mol. The average molecular weight is 583 g/mol. The third-order valence-electron chi connectivity index (χ3n) is 7.41. The highest BCUT2D eigenvalue weighted by molar-refractivity contribution is 5.84. The number of aromatic nitrogens is 6. The lowest BCUT2D eigenvalue weighted by molar-refractivity contribution is -0.145. The topological polar surface area (TPSA) is 143 Å². The standard InChI is InChI=1S/C31H31FN8O3/c1-3-4-8-26(41)43-17-23-22(28-36-30(33)38-31(37-28)35-21-15-34-39(2)16-21)6-5-7-25(23)40-12-11-19-13-20(18-9-10-18)14-24(32)27(19)29(40)42/h5-7,11-16,18H,3-4,8-10,17H2,1-2H3,(H3,33,35,36,37,38). The number of hydrogen-bond acceptors (Lipinski definition) is 9. The first-order chi connectivity index (χ1) is 20.8. The van der Waals surface area contributed by atoms with Crippen LogP contribution in [-0.4, -0.2) is 35.3 Å². The summed E-state index contributed by atoms with van der Waals surface area (Å²) < 4.78 is 24.0. The highest BCUT2D eigenvalue weighted by Gasteiger charge is 2.26. The molecule has 0 radical (unpaired) electrons. The van der Waals surface area contributed by atoms with E-state index in [0.717, 1.165) is 24.8 Å². The van der Waals surface area contributed by atoms with Crippen LogP contribution in [0, 0.1) is 5.82 Å². The van der Waals surface area contributed by atoms with Crippen molar-refractivity contribution in [3.63, 3.8) is 0 Å². The lowest BCUT2D eigenvalue weighted by atomic mass is 10.0. The molecule has 0 unspecified atom stereocenters. The van der Waals surface area contributed by atoms with Gasteiger partial charge in [-0.15, -0.1) is 0 Å². The molecule has 220 valence electrons. The van der Waals surface area contributed by atoms with Gasteiger partial charge < -0.3 is 15.8 Å². The summed E-state index contributed by atoms with van der Waals surface area (Å²) in [6, 6.07) is 10.3. The van der Waals surface area contributed by atoms with Crippen molar-refractivity contribution in [3.05, 3.63) is 82.3 Å². The largest absolute Gasteiger partial charge is 0.461 e. The fourth-order valence-corrected chi connectivity index (χ4v) is 5.08. The van der Waals surface area contributed by atoms with Crippen molar-refractivity contribution in [1.29, 1.82) is 0 Å². The average Bonchev–Trinajstić information content (AvgIpc) is 3.76. The van der Waals surface area contributed by atoms with Crippen molar-refractivity contribution >= 4 is 34.3 Å². The van der Waals surface area contributed by atoms with Crippen LogP contribution in [0.5, 0.6) is 0 Å². The molecular formula is C31H31FN8O3. The number of nitrogens with one attached hydrogen (secondary N) is 1. The Morgan fingerprint density at radius 3 is 2.77 bits per heavy atom. The SMILES string of the molecule is CCCCC(=O)OCc1c(-c2nc(N)nc(Nc3cnn(C)c3)n2)cccc1-n1ccc2cc(C3CC3)cc(F)c2c1=O. The van der Waals surface area contributed by atoms with E-state index in [9.17, 15) is 9.59 Å². The van der Waals surface area contributed by atoms with Gasteiger partial charge in [0.2, 0.25) is 11.9 Å². The third-order valence-corrected chi connectivity index (χ3v) is 7.41. The number of fused-ring (bicyclic) bond motifs is 1. The van der Waals surface area contributed by atoms with Gasteiger partial charge in [0.05, 0.1) is 23.0 Å². The molecule has 1 aliphatic rings. The summed E-state index contributed by atoms with van der Waals surface area (Å²) in [5.74, 6) is -0.237. The molecule has 3 N–H and O–H groups in total. The van der Waals surface area contributed by atoms with Gasteiger partial charge in [0, 0.05) is 37.0 Å². The molecule has 43 heavy (non-hydrogen) atoms. The minimum absolute atomic E-state index is 0.00411. The number of pyridine rings is 1. The maximum Gasteiger partial charge on any atom is 0.306 e. The number of anilines is 3. The molecule has 5 aromatic rings. The van der Waals surface area contributed by atoms with Crippen LogP contribution in [0.15, 0.2) is 59.8 Å². The Hall–Kier alpha value is -5.13. The monoisotopic (exact) mass is 582 g/mol. The number of nitrogens with two attached hydrogens (primary N) is 1. The van der Waals surface area contributed by atoms with Crippen LogP contribution in [0.4, 0.5) is 22.0 Å². The van der Waals surface area contributed by atoms with E-state index in [1.165, 1.54) is 10.6 Å². The molecule has 1 aliphatic carbocycles. The second kappa shape index (κ2) is 11.6. The van der Waals surface area contributed by atoms with Gasteiger partial charge in [0.25, 0.3) is 5.56 Å². The first-order valence-electron chi connectivity index (χ1n) is 14.2. The number of benzene rings is 2. The zero-order valence-electron chi connectivity index (χ0n) is 23.9. The van der Waals surface area contributed by atoms with E-state index in [2.05, 4.69) is 25.4 Å². The van der Waals surface area contributed by atoms with Crippen LogP contribution in [0.2, 0.25) is 0 Å². The molecule has 0 bridgehead atoms. The Kier molecular flexibility index (Phi) is 7.58. The summed E-state index contributed by atoms with van der Waals surface area (Å²) in [5.41, 5.74) is 8.43. The molecule has 0 saturated heterocycles. The van der Waals surface area contributed by atoms with Crippen LogP contribution in [0.3, 0.4) is 0 Å². The summed E-state index contributed by atoms with van der Waals surface area (Å²) in [6.45, 7) is 1.82. The Morgan fingerprint density at radius 1 is 1.19 bits per heavy atom. The van der Waals surface area contributed by atoms with E-state index in [4.69, 9.17) is 10.5 Å². The lowest BCUT2D eigenvalue weighted by Gasteiger charge is -2.17. The molecule has 0 atom stereocenters.